The van der Waals surface area contributed by atoms with E-state index >= 15 is 0 Å². The number of rotatable bonds is 5. The average molecular weight is 393 g/mol. The number of piperidine rings is 1. The molecule has 2 aromatic carbocycles. The quantitative estimate of drug-likeness (QED) is 0.610. The van der Waals surface area contributed by atoms with Crippen molar-refractivity contribution in [1.29, 1.82) is 0 Å². The summed E-state index contributed by atoms with van der Waals surface area (Å²) in [6, 6.07) is 15.8. The lowest BCUT2D eigenvalue weighted by atomic mass is 9.98. The van der Waals surface area contributed by atoms with Crippen LogP contribution < -0.4 is 4.74 Å². The van der Waals surface area contributed by atoms with Crippen LogP contribution in [0, 0.1) is 6.92 Å². The van der Waals surface area contributed by atoms with Crippen LogP contribution in [0.4, 0.5) is 0 Å². The van der Waals surface area contributed by atoms with E-state index in [0.29, 0.717) is 18.1 Å². The van der Waals surface area contributed by atoms with Gasteiger partial charge in [0.2, 0.25) is 0 Å². The van der Waals surface area contributed by atoms with E-state index in [0.717, 1.165) is 42.3 Å². The molecule has 1 aliphatic rings. The lowest BCUT2D eigenvalue weighted by Crippen LogP contribution is -2.39. The Labute approximate surface area is 169 Å². The molecule has 0 bridgehead atoms. The molecule has 1 aromatic heterocycles. The van der Waals surface area contributed by atoms with Crippen molar-refractivity contribution >= 4 is 17.2 Å². The summed E-state index contributed by atoms with van der Waals surface area (Å²) >= 11 is 1.68. The Morgan fingerprint density at radius 3 is 2.96 bits per heavy atom. The number of thiazole rings is 1. The third-order valence-electron chi connectivity index (χ3n) is 5.08. The van der Waals surface area contributed by atoms with E-state index in [1.54, 1.807) is 11.3 Å². The van der Waals surface area contributed by atoms with Gasteiger partial charge in [-0.15, -0.1) is 11.3 Å². The smallest absolute Gasteiger partial charge is 0.254 e. The van der Waals surface area contributed by atoms with Crippen LogP contribution in [0.3, 0.4) is 0 Å². The monoisotopic (exact) mass is 392 g/mol. The molecule has 0 spiro atoms. The summed E-state index contributed by atoms with van der Waals surface area (Å²) < 4.78 is 5.93. The zero-order chi connectivity index (χ0) is 19.3. The van der Waals surface area contributed by atoms with Gasteiger partial charge in [-0.05, 0) is 43.5 Å². The standard InChI is InChI=1S/C23H24N2O2S/c1-17-5-2-6-18(13-17)16-27-21-9-3-7-19(14-21)23(26)25-11-4-8-20(15-25)22-24-10-12-28-22/h2-3,5-7,9-10,12-14,20H,4,8,11,15-16H2,1H3. The zero-order valence-corrected chi connectivity index (χ0v) is 16.8. The van der Waals surface area contributed by atoms with Crippen LogP contribution in [0.1, 0.15) is 45.3 Å². The van der Waals surface area contributed by atoms with Crippen molar-refractivity contribution in [1.82, 2.24) is 9.88 Å². The van der Waals surface area contributed by atoms with Gasteiger partial charge in [0, 0.05) is 36.1 Å². The molecule has 4 rings (SSSR count). The van der Waals surface area contributed by atoms with Crippen LogP contribution in [0.25, 0.3) is 0 Å². The first-order valence-corrected chi connectivity index (χ1v) is 10.5. The summed E-state index contributed by atoms with van der Waals surface area (Å²) in [7, 11) is 0. The van der Waals surface area contributed by atoms with Crippen LogP contribution in [-0.4, -0.2) is 28.9 Å². The molecular weight excluding hydrogens is 368 g/mol. The number of carbonyl (C=O) groups excluding carboxylic acids is 1. The Kier molecular flexibility index (Phi) is 5.72. The van der Waals surface area contributed by atoms with E-state index in [-0.39, 0.29) is 5.91 Å². The zero-order valence-electron chi connectivity index (χ0n) is 16.0. The fraction of sp³-hybridized carbons (Fsp3) is 0.304. The van der Waals surface area contributed by atoms with Crippen molar-refractivity contribution in [3.8, 4) is 5.75 Å². The molecule has 1 saturated heterocycles. The van der Waals surface area contributed by atoms with Crippen LogP contribution in [0.2, 0.25) is 0 Å². The lowest BCUT2D eigenvalue weighted by molar-refractivity contribution is 0.0706. The highest BCUT2D eigenvalue weighted by atomic mass is 32.1. The number of hydrogen-bond acceptors (Lipinski definition) is 4. The molecule has 4 nitrogen and oxygen atoms in total. The van der Waals surface area contributed by atoms with Crippen LogP contribution >= 0.6 is 11.3 Å². The normalized spacial score (nSPS) is 16.8. The molecule has 5 heteroatoms. The van der Waals surface area contributed by atoms with Gasteiger partial charge in [-0.25, -0.2) is 4.98 Å². The van der Waals surface area contributed by atoms with Crippen molar-refractivity contribution in [2.45, 2.75) is 32.3 Å². The molecule has 1 aliphatic heterocycles. The number of aryl methyl sites for hydroxylation is 1. The molecular formula is C23H24N2O2S. The number of carbonyl (C=O) groups is 1. The summed E-state index contributed by atoms with van der Waals surface area (Å²) in [4.78, 5) is 19.4. The van der Waals surface area contributed by atoms with Crippen molar-refractivity contribution in [3.63, 3.8) is 0 Å². The van der Waals surface area contributed by atoms with Crippen molar-refractivity contribution in [2.75, 3.05) is 13.1 Å². The molecule has 0 saturated carbocycles. The summed E-state index contributed by atoms with van der Waals surface area (Å²) in [5.74, 6) is 1.14. The van der Waals surface area contributed by atoms with E-state index in [1.165, 1.54) is 5.56 Å². The second kappa shape index (κ2) is 8.57. The van der Waals surface area contributed by atoms with E-state index in [4.69, 9.17) is 4.74 Å². The molecule has 1 fully saturated rings. The largest absolute Gasteiger partial charge is 0.489 e. The first kappa shape index (κ1) is 18.7. The van der Waals surface area contributed by atoms with Crippen molar-refractivity contribution in [2.24, 2.45) is 0 Å². The minimum absolute atomic E-state index is 0.0715. The molecule has 3 aromatic rings. The Hall–Kier alpha value is -2.66. The highest BCUT2D eigenvalue weighted by Gasteiger charge is 2.27. The van der Waals surface area contributed by atoms with E-state index < -0.39 is 0 Å². The maximum Gasteiger partial charge on any atom is 0.254 e. The van der Waals surface area contributed by atoms with Gasteiger partial charge in [0.15, 0.2) is 0 Å². The Balaban J connectivity index is 1.42. The van der Waals surface area contributed by atoms with Gasteiger partial charge in [-0.3, -0.25) is 4.79 Å². The summed E-state index contributed by atoms with van der Waals surface area (Å²) in [6.45, 7) is 4.10. The molecule has 2 heterocycles. The molecule has 0 aliphatic carbocycles. The predicted octanol–water partition coefficient (Wildman–Crippen LogP) is 5.05. The lowest BCUT2D eigenvalue weighted by Gasteiger charge is -2.32. The summed E-state index contributed by atoms with van der Waals surface area (Å²) in [6.07, 6.45) is 3.95. The maximum absolute atomic E-state index is 13.0. The SMILES string of the molecule is Cc1cccc(COc2cccc(C(=O)N3CCCC(c4nccs4)C3)c2)c1. The highest BCUT2D eigenvalue weighted by molar-refractivity contribution is 7.09. The number of ether oxygens (including phenoxy) is 1. The average Bonchev–Trinajstić information content (AvgIpc) is 3.27. The second-order valence-electron chi connectivity index (χ2n) is 7.27. The first-order chi connectivity index (χ1) is 13.7. The van der Waals surface area contributed by atoms with Crippen molar-refractivity contribution in [3.05, 3.63) is 81.8 Å². The Morgan fingerprint density at radius 2 is 2.14 bits per heavy atom. The summed E-state index contributed by atoms with van der Waals surface area (Å²) in [5, 5.41) is 3.14. The van der Waals surface area contributed by atoms with Crippen molar-refractivity contribution < 1.29 is 9.53 Å². The van der Waals surface area contributed by atoms with Gasteiger partial charge in [-0.1, -0.05) is 35.9 Å². The molecule has 1 atom stereocenters. The maximum atomic E-state index is 13.0. The molecule has 0 radical (unpaired) electrons. The summed E-state index contributed by atoms with van der Waals surface area (Å²) in [5.41, 5.74) is 3.02. The fourth-order valence-corrected chi connectivity index (χ4v) is 4.44. The van der Waals surface area contributed by atoms with Gasteiger partial charge in [0.1, 0.15) is 12.4 Å². The van der Waals surface area contributed by atoms with Crippen LogP contribution in [0.5, 0.6) is 5.75 Å². The van der Waals surface area contributed by atoms with Crippen LogP contribution in [-0.2, 0) is 6.61 Å². The van der Waals surface area contributed by atoms with E-state index in [2.05, 4.69) is 30.1 Å². The Morgan fingerprint density at radius 1 is 1.25 bits per heavy atom. The first-order valence-electron chi connectivity index (χ1n) is 9.66. The molecule has 0 N–H and O–H groups in total. The van der Waals surface area contributed by atoms with Gasteiger partial charge in [0.25, 0.3) is 5.91 Å². The fourth-order valence-electron chi connectivity index (χ4n) is 3.67. The minimum Gasteiger partial charge on any atom is -0.489 e. The number of likely N-dealkylation sites (tertiary alicyclic amines) is 1. The van der Waals surface area contributed by atoms with Gasteiger partial charge < -0.3 is 9.64 Å². The van der Waals surface area contributed by atoms with Gasteiger partial charge >= 0.3 is 0 Å². The van der Waals surface area contributed by atoms with Gasteiger partial charge in [0.05, 0.1) is 5.01 Å². The number of aromatic nitrogens is 1. The number of amides is 1. The minimum atomic E-state index is 0.0715. The third kappa shape index (κ3) is 4.42. The predicted molar refractivity (Wildman–Crippen MR) is 112 cm³/mol. The Bertz CT molecular complexity index is 939. The number of benzene rings is 2. The number of hydrogen-bond donors (Lipinski definition) is 0. The molecule has 1 unspecified atom stereocenters. The molecule has 144 valence electrons. The second-order valence-corrected chi connectivity index (χ2v) is 8.19. The van der Waals surface area contributed by atoms with E-state index in [1.807, 2.05) is 46.8 Å². The van der Waals surface area contributed by atoms with E-state index in [9.17, 15) is 4.79 Å². The van der Waals surface area contributed by atoms with Gasteiger partial charge in [-0.2, -0.15) is 0 Å². The molecule has 1 amide bonds. The number of nitrogens with zero attached hydrogens (tertiary/aromatic N) is 2. The topological polar surface area (TPSA) is 42.4 Å². The molecule has 28 heavy (non-hydrogen) atoms. The van der Waals surface area contributed by atoms with Crippen LogP contribution in [0.15, 0.2) is 60.1 Å². The third-order valence-corrected chi connectivity index (χ3v) is 6.02. The highest BCUT2D eigenvalue weighted by Crippen LogP contribution is 2.29.